The van der Waals surface area contributed by atoms with Crippen molar-refractivity contribution in [2.45, 2.75) is 0 Å². The van der Waals surface area contributed by atoms with Gasteiger partial charge in [0.15, 0.2) is 0 Å². The molecule has 16 heavy (non-hydrogen) atoms. The molecule has 0 aromatic rings. The Hall–Kier alpha value is 0.140. The zero-order valence-electron chi connectivity index (χ0n) is 8.22. The molecule has 12 heteroatoms. The second-order valence-electron chi connectivity index (χ2n) is 2.53. The summed E-state index contributed by atoms with van der Waals surface area (Å²) in [7, 11) is -9.28. The van der Waals surface area contributed by atoms with Gasteiger partial charge >= 0.3 is 15.6 Å². The topological polar surface area (TPSA) is 180 Å². The van der Waals surface area contributed by atoms with Crippen LogP contribution in [-0.2, 0) is 9.13 Å². The van der Waals surface area contributed by atoms with Crippen LogP contribution in [0, 0.1) is 0 Å². The molecule has 1 heterocycles. The van der Waals surface area contributed by atoms with E-state index in [4.69, 9.17) is 38.5 Å². The molecule has 0 radical (unpaired) electrons. The maximum absolute atomic E-state index is 8.88. The summed E-state index contributed by atoms with van der Waals surface area (Å²) in [5.74, 6) is 0. The van der Waals surface area contributed by atoms with E-state index in [1.165, 1.54) is 0 Å². The quantitative estimate of drug-likeness (QED) is 0.218. The Morgan fingerprint density at radius 3 is 0.812 bits per heavy atom. The molecule has 100 valence electrons. The van der Waals surface area contributed by atoms with Crippen molar-refractivity contribution in [3.63, 3.8) is 0 Å². The van der Waals surface area contributed by atoms with Crippen molar-refractivity contribution in [3.8, 4) is 0 Å². The van der Waals surface area contributed by atoms with Crippen LogP contribution in [0.2, 0.25) is 0 Å². The van der Waals surface area contributed by atoms with Gasteiger partial charge in [-0.15, -0.1) is 0 Å². The van der Waals surface area contributed by atoms with Crippen molar-refractivity contribution in [2.75, 3.05) is 26.2 Å². The Labute approximate surface area is 91.8 Å². The number of hydrogen-bond acceptors (Lipinski definition) is 4. The van der Waals surface area contributed by atoms with E-state index in [0.29, 0.717) is 0 Å². The zero-order valence-corrected chi connectivity index (χ0v) is 10.0. The van der Waals surface area contributed by atoms with Crippen molar-refractivity contribution < 1.29 is 38.5 Å². The molecule has 1 aliphatic heterocycles. The third-order valence-electron chi connectivity index (χ3n) is 0.957. The van der Waals surface area contributed by atoms with Gasteiger partial charge in [-0.25, -0.2) is 9.13 Å². The number of phosphoric acid groups is 2. The summed E-state index contributed by atoms with van der Waals surface area (Å²) in [5, 5.41) is 6.44. The Balaban J connectivity index is 0. The molecule has 1 saturated heterocycles. The fraction of sp³-hybridized carbons (Fsp3) is 1.00. The summed E-state index contributed by atoms with van der Waals surface area (Å²) in [6, 6.07) is 0. The third-order valence-corrected chi connectivity index (χ3v) is 0.957. The van der Waals surface area contributed by atoms with E-state index in [0.717, 1.165) is 26.2 Å². The van der Waals surface area contributed by atoms with E-state index in [-0.39, 0.29) is 0 Å². The standard InChI is InChI=1S/C4H10N2.2H3O4P/c1-2-6-4-3-5-1;2*1-5(2,3)4/h5-6H,1-4H2;2*(H3,1,2,3,4). The lowest BCUT2D eigenvalue weighted by molar-refractivity contribution is 0.272. The van der Waals surface area contributed by atoms with Gasteiger partial charge in [-0.2, -0.15) is 0 Å². The van der Waals surface area contributed by atoms with Crippen molar-refractivity contribution in [1.82, 2.24) is 10.6 Å². The largest absolute Gasteiger partial charge is 0.466 e. The molecule has 0 aromatic carbocycles. The number of rotatable bonds is 0. The molecule has 1 fully saturated rings. The van der Waals surface area contributed by atoms with Gasteiger partial charge in [-0.3, -0.25) is 0 Å². The highest BCUT2D eigenvalue weighted by molar-refractivity contribution is 7.45. The Morgan fingerprint density at radius 2 is 0.750 bits per heavy atom. The minimum Gasteiger partial charge on any atom is -0.314 e. The molecule has 0 aliphatic carbocycles. The van der Waals surface area contributed by atoms with Gasteiger partial charge in [0.25, 0.3) is 0 Å². The van der Waals surface area contributed by atoms with Gasteiger partial charge in [-0.05, 0) is 0 Å². The molecular weight excluding hydrogens is 266 g/mol. The molecule has 0 amide bonds. The molecule has 1 rings (SSSR count). The maximum Gasteiger partial charge on any atom is 0.466 e. The van der Waals surface area contributed by atoms with Gasteiger partial charge in [0, 0.05) is 26.2 Å². The van der Waals surface area contributed by atoms with Crippen LogP contribution < -0.4 is 10.6 Å². The van der Waals surface area contributed by atoms with Crippen LogP contribution in [0.5, 0.6) is 0 Å². The minimum atomic E-state index is -4.64. The van der Waals surface area contributed by atoms with Gasteiger partial charge in [0.1, 0.15) is 0 Å². The molecule has 8 N–H and O–H groups in total. The fourth-order valence-corrected chi connectivity index (χ4v) is 0.604. The maximum atomic E-state index is 8.88. The summed E-state index contributed by atoms with van der Waals surface area (Å²) in [5.41, 5.74) is 0. The lowest BCUT2D eigenvalue weighted by atomic mass is 10.4. The second kappa shape index (κ2) is 9.20. The molecule has 0 saturated carbocycles. The lowest BCUT2D eigenvalue weighted by Crippen LogP contribution is -2.39. The lowest BCUT2D eigenvalue weighted by Gasteiger charge is -2.11. The van der Waals surface area contributed by atoms with Gasteiger partial charge in [0.2, 0.25) is 0 Å². The zero-order chi connectivity index (χ0) is 13.2. The van der Waals surface area contributed by atoms with E-state index in [9.17, 15) is 0 Å². The van der Waals surface area contributed by atoms with E-state index in [2.05, 4.69) is 10.6 Å². The number of hydrogen-bond donors (Lipinski definition) is 8. The van der Waals surface area contributed by atoms with Crippen molar-refractivity contribution in [2.24, 2.45) is 0 Å². The van der Waals surface area contributed by atoms with E-state index in [1.54, 1.807) is 0 Å². The Bertz CT molecular complexity index is 196. The highest BCUT2D eigenvalue weighted by atomic mass is 31.2. The van der Waals surface area contributed by atoms with Gasteiger partial charge < -0.3 is 40.0 Å². The Morgan fingerprint density at radius 1 is 0.625 bits per heavy atom. The van der Waals surface area contributed by atoms with Crippen LogP contribution in [0.3, 0.4) is 0 Å². The predicted octanol–water partition coefficient (Wildman–Crippen LogP) is -2.68. The van der Waals surface area contributed by atoms with E-state index >= 15 is 0 Å². The number of nitrogens with one attached hydrogen (secondary N) is 2. The molecule has 0 spiro atoms. The first-order chi connectivity index (χ1) is 7.00. The van der Waals surface area contributed by atoms with Gasteiger partial charge in [0.05, 0.1) is 0 Å². The first-order valence-electron chi connectivity index (χ1n) is 3.98. The average Bonchev–Trinajstić information content (AvgIpc) is 2.01. The molecule has 0 unspecified atom stereocenters. The molecule has 0 bridgehead atoms. The van der Waals surface area contributed by atoms with Crippen molar-refractivity contribution >= 4 is 15.6 Å². The predicted molar refractivity (Wildman–Crippen MR) is 54.3 cm³/mol. The second-order valence-corrected chi connectivity index (χ2v) is 4.58. The molecule has 0 atom stereocenters. The summed E-state index contributed by atoms with van der Waals surface area (Å²) in [4.78, 5) is 43.1. The van der Waals surface area contributed by atoms with Crippen LogP contribution in [0.4, 0.5) is 0 Å². The van der Waals surface area contributed by atoms with Gasteiger partial charge in [-0.1, -0.05) is 0 Å². The average molecular weight is 282 g/mol. The van der Waals surface area contributed by atoms with Crippen LogP contribution >= 0.6 is 15.6 Å². The first-order valence-corrected chi connectivity index (χ1v) is 7.11. The van der Waals surface area contributed by atoms with E-state index in [1.807, 2.05) is 0 Å². The SMILES string of the molecule is C1CNCCN1.O=P(O)(O)O.O=P(O)(O)O. The van der Waals surface area contributed by atoms with E-state index < -0.39 is 15.6 Å². The smallest absolute Gasteiger partial charge is 0.314 e. The Kier molecular flexibility index (Phi) is 10.6. The molecule has 1 aliphatic rings. The first kappa shape index (κ1) is 18.5. The van der Waals surface area contributed by atoms with Crippen molar-refractivity contribution in [1.29, 1.82) is 0 Å². The molecule has 0 aromatic heterocycles. The highest BCUT2D eigenvalue weighted by Crippen LogP contribution is 2.26. The van der Waals surface area contributed by atoms with Crippen LogP contribution in [-0.4, -0.2) is 55.5 Å². The van der Waals surface area contributed by atoms with Crippen LogP contribution in [0.25, 0.3) is 0 Å². The minimum absolute atomic E-state index is 1.14. The molecular formula is C4H16N2O8P2. The highest BCUT2D eigenvalue weighted by Gasteiger charge is 2.00. The summed E-state index contributed by atoms with van der Waals surface area (Å²) < 4.78 is 17.8. The monoisotopic (exact) mass is 282 g/mol. The molecule has 10 nitrogen and oxygen atoms in total. The number of piperazine rings is 1. The summed E-state index contributed by atoms with van der Waals surface area (Å²) >= 11 is 0. The van der Waals surface area contributed by atoms with Crippen molar-refractivity contribution in [3.05, 3.63) is 0 Å². The third kappa shape index (κ3) is 64.8. The summed E-state index contributed by atoms with van der Waals surface area (Å²) in [6.45, 7) is 4.56. The summed E-state index contributed by atoms with van der Waals surface area (Å²) in [6.07, 6.45) is 0. The fourth-order valence-electron chi connectivity index (χ4n) is 0.604. The normalized spacial score (nSPS) is 16.4. The van der Waals surface area contributed by atoms with Crippen LogP contribution in [0.1, 0.15) is 0 Å². The van der Waals surface area contributed by atoms with Crippen LogP contribution in [0.15, 0.2) is 0 Å².